The maximum Gasteiger partial charge on any atom is 0.335 e. The highest BCUT2D eigenvalue weighted by atomic mass is 32.2. The van der Waals surface area contributed by atoms with Crippen LogP contribution in [0.15, 0.2) is 58.5 Å². The second kappa shape index (κ2) is 9.11. The van der Waals surface area contributed by atoms with Crippen molar-refractivity contribution in [2.75, 3.05) is 20.7 Å². The van der Waals surface area contributed by atoms with Gasteiger partial charge in [0.05, 0.1) is 30.3 Å². The Labute approximate surface area is 162 Å². The number of benzene rings is 2. The van der Waals surface area contributed by atoms with Crippen molar-refractivity contribution in [3.05, 3.63) is 59.7 Å². The first-order valence-electron chi connectivity index (χ1n) is 7.99. The molecule has 0 fully saturated rings. The Morgan fingerprint density at radius 3 is 2.29 bits per heavy atom. The topological polar surface area (TPSA) is 125 Å². The molecule has 0 unspecified atom stereocenters. The van der Waals surface area contributed by atoms with Crippen molar-refractivity contribution in [3.63, 3.8) is 0 Å². The maximum absolute atomic E-state index is 12.5. The second-order valence-electron chi connectivity index (χ2n) is 5.66. The number of hydrazone groups is 1. The third kappa shape index (κ3) is 5.38. The number of nitrogens with zero attached hydrogens (tertiary/aromatic N) is 2. The van der Waals surface area contributed by atoms with E-state index in [2.05, 4.69) is 10.5 Å². The van der Waals surface area contributed by atoms with Crippen molar-refractivity contribution < 1.29 is 27.9 Å². The lowest BCUT2D eigenvalue weighted by Crippen LogP contribution is -2.36. The third-order valence-corrected chi connectivity index (χ3v) is 5.51. The van der Waals surface area contributed by atoms with E-state index in [-0.39, 0.29) is 10.5 Å². The fraction of sp³-hybridized carbons (Fsp3) is 0.167. The van der Waals surface area contributed by atoms with Gasteiger partial charge in [0.1, 0.15) is 5.75 Å². The minimum atomic E-state index is -3.84. The summed E-state index contributed by atoms with van der Waals surface area (Å²) in [4.78, 5) is 22.8. The van der Waals surface area contributed by atoms with Gasteiger partial charge < -0.3 is 9.84 Å². The fourth-order valence-corrected chi connectivity index (χ4v) is 3.27. The number of methoxy groups -OCH3 is 1. The number of rotatable bonds is 8. The molecule has 0 bridgehead atoms. The van der Waals surface area contributed by atoms with Gasteiger partial charge >= 0.3 is 5.97 Å². The molecule has 2 aromatic rings. The van der Waals surface area contributed by atoms with Crippen molar-refractivity contribution in [1.82, 2.24) is 9.73 Å². The molecule has 9 nitrogen and oxygen atoms in total. The number of hydrogen-bond acceptors (Lipinski definition) is 6. The lowest BCUT2D eigenvalue weighted by molar-refractivity contribution is -0.121. The van der Waals surface area contributed by atoms with Crippen LogP contribution in [0, 0.1) is 0 Å². The van der Waals surface area contributed by atoms with E-state index in [4.69, 9.17) is 9.84 Å². The summed E-state index contributed by atoms with van der Waals surface area (Å²) in [5, 5.41) is 12.6. The molecular weight excluding hydrogens is 386 g/mol. The first-order chi connectivity index (χ1) is 13.2. The van der Waals surface area contributed by atoms with Crippen molar-refractivity contribution in [3.8, 4) is 5.75 Å². The summed E-state index contributed by atoms with van der Waals surface area (Å²) >= 11 is 0. The number of aromatic carboxylic acids is 1. The molecule has 0 aromatic heterocycles. The molecule has 0 saturated heterocycles. The molecule has 0 atom stereocenters. The van der Waals surface area contributed by atoms with Gasteiger partial charge in [-0.3, -0.25) is 4.79 Å². The molecule has 0 spiro atoms. The lowest BCUT2D eigenvalue weighted by atomic mass is 10.1. The molecule has 0 aliphatic rings. The number of amides is 1. The average Bonchev–Trinajstić information content (AvgIpc) is 2.68. The zero-order valence-electron chi connectivity index (χ0n) is 15.2. The van der Waals surface area contributed by atoms with Crippen LogP contribution in [0.25, 0.3) is 0 Å². The molecule has 0 saturated carbocycles. The predicted octanol–water partition coefficient (Wildman–Crippen LogP) is 1.16. The molecular formula is C18H19N3O6S. The Bertz CT molecular complexity index is 969. The van der Waals surface area contributed by atoms with Gasteiger partial charge in [0.2, 0.25) is 10.0 Å². The van der Waals surface area contributed by atoms with Crippen LogP contribution in [-0.4, -0.2) is 56.6 Å². The Hall–Kier alpha value is -3.24. The van der Waals surface area contributed by atoms with E-state index in [9.17, 15) is 18.0 Å². The number of carboxylic acid groups (broad SMARTS) is 1. The molecule has 0 heterocycles. The number of carbonyl (C=O) groups is 2. The molecule has 2 aromatic carbocycles. The molecule has 0 radical (unpaired) electrons. The van der Waals surface area contributed by atoms with Crippen molar-refractivity contribution in [2.45, 2.75) is 4.90 Å². The smallest absolute Gasteiger partial charge is 0.335 e. The predicted molar refractivity (Wildman–Crippen MR) is 102 cm³/mol. The molecule has 148 valence electrons. The first kappa shape index (κ1) is 21.1. The highest BCUT2D eigenvalue weighted by Crippen LogP contribution is 2.18. The number of carboxylic acids is 1. The first-order valence-corrected chi connectivity index (χ1v) is 9.43. The Morgan fingerprint density at radius 1 is 1.14 bits per heavy atom. The van der Waals surface area contributed by atoms with Crippen LogP contribution in [0.4, 0.5) is 0 Å². The van der Waals surface area contributed by atoms with E-state index in [1.165, 1.54) is 68.9 Å². The summed E-state index contributed by atoms with van der Waals surface area (Å²) in [6.07, 6.45) is 1.32. The van der Waals surface area contributed by atoms with Gasteiger partial charge in [0, 0.05) is 7.05 Å². The summed E-state index contributed by atoms with van der Waals surface area (Å²) < 4.78 is 30.8. The lowest BCUT2D eigenvalue weighted by Gasteiger charge is -2.16. The molecule has 0 aliphatic heterocycles. The van der Waals surface area contributed by atoms with E-state index in [1.54, 1.807) is 0 Å². The number of nitrogens with one attached hydrogen (secondary N) is 1. The number of likely N-dealkylation sites (N-methyl/N-ethyl adjacent to an activating group) is 1. The van der Waals surface area contributed by atoms with Gasteiger partial charge in [0.25, 0.3) is 5.91 Å². The largest absolute Gasteiger partial charge is 0.497 e. The Morgan fingerprint density at radius 2 is 1.75 bits per heavy atom. The van der Waals surface area contributed by atoms with Gasteiger partial charge in [-0.2, -0.15) is 9.41 Å². The van der Waals surface area contributed by atoms with Crippen LogP contribution in [-0.2, 0) is 14.8 Å². The van der Waals surface area contributed by atoms with Gasteiger partial charge in [-0.15, -0.1) is 0 Å². The van der Waals surface area contributed by atoms with Gasteiger partial charge in [-0.05, 0) is 42.0 Å². The summed E-state index contributed by atoms with van der Waals surface area (Å²) in [6.45, 7) is -0.427. The summed E-state index contributed by atoms with van der Waals surface area (Å²) in [6, 6.07) is 11.7. The van der Waals surface area contributed by atoms with E-state index >= 15 is 0 Å². The van der Waals surface area contributed by atoms with E-state index in [0.29, 0.717) is 11.3 Å². The van der Waals surface area contributed by atoms with Gasteiger partial charge in [0.15, 0.2) is 0 Å². The molecule has 10 heteroatoms. The van der Waals surface area contributed by atoms with Crippen molar-refractivity contribution in [1.29, 1.82) is 0 Å². The quantitative estimate of drug-likeness (QED) is 0.502. The maximum atomic E-state index is 12.5. The number of sulfonamides is 1. The SMILES string of the molecule is COc1ccc(S(=O)(=O)N(C)CC(=O)N/N=C\c2ccc(C(=O)O)cc2)cc1. The zero-order chi connectivity index (χ0) is 20.7. The van der Waals surface area contributed by atoms with Crippen molar-refractivity contribution in [2.24, 2.45) is 5.10 Å². The number of ether oxygens (including phenoxy) is 1. The highest BCUT2D eigenvalue weighted by molar-refractivity contribution is 7.89. The van der Waals surface area contributed by atoms with Crippen molar-refractivity contribution >= 4 is 28.1 Å². The minimum absolute atomic E-state index is 0.0330. The number of hydrogen-bond donors (Lipinski definition) is 2. The van der Waals surface area contributed by atoms with Crippen LogP contribution in [0.3, 0.4) is 0 Å². The standard InChI is InChI=1S/C18H19N3O6S/c1-21(28(25,26)16-9-7-15(27-2)8-10-16)12-17(22)20-19-11-13-3-5-14(6-4-13)18(23)24/h3-11H,12H2,1-2H3,(H,20,22)(H,23,24)/b19-11-. The summed E-state index contributed by atoms with van der Waals surface area (Å²) in [5.74, 6) is -1.15. The van der Waals surface area contributed by atoms with Gasteiger partial charge in [-0.1, -0.05) is 12.1 Å². The van der Waals surface area contributed by atoms with Crippen LogP contribution in [0.5, 0.6) is 5.75 Å². The van der Waals surface area contributed by atoms with Crippen LogP contribution in [0.1, 0.15) is 15.9 Å². The normalized spacial score (nSPS) is 11.5. The number of carbonyl (C=O) groups excluding carboxylic acids is 1. The Kier molecular flexibility index (Phi) is 6.85. The van der Waals surface area contributed by atoms with Crippen LogP contribution >= 0.6 is 0 Å². The fourth-order valence-electron chi connectivity index (χ4n) is 2.14. The molecule has 0 aliphatic carbocycles. The van der Waals surface area contributed by atoms with Crippen LogP contribution < -0.4 is 10.2 Å². The second-order valence-corrected chi connectivity index (χ2v) is 7.70. The molecule has 2 N–H and O–H groups in total. The minimum Gasteiger partial charge on any atom is -0.497 e. The Balaban J connectivity index is 1.94. The van der Waals surface area contributed by atoms with E-state index in [0.717, 1.165) is 4.31 Å². The zero-order valence-corrected chi connectivity index (χ0v) is 16.0. The van der Waals surface area contributed by atoms with Gasteiger partial charge in [-0.25, -0.2) is 18.6 Å². The van der Waals surface area contributed by atoms with E-state index < -0.39 is 28.4 Å². The third-order valence-electron chi connectivity index (χ3n) is 3.69. The van der Waals surface area contributed by atoms with E-state index in [1.807, 2.05) is 0 Å². The van der Waals surface area contributed by atoms with Crippen LogP contribution in [0.2, 0.25) is 0 Å². The highest BCUT2D eigenvalue weighted by Gasteiger charge is 2.22. The molecule has 1 amide bonds. The summed E-state index contributed by atoms with van der Waals surface area (Å²) in [7, 11) is -1.08. The molecule has 2 rings (SSSR count). The average molecular weight is 405 g/mol. The monoisotopic (exact) mass is 405 g/mol. The summed E-state index contributed by atoms with van der Waals surface area (Å²) in [5.41, 5.74) is 2.93. The molecule has 28 heavy (non-hydrogen) atoms.